The Kier molecular flexibility index (Phi) is 4.52. The average molecular weight is 424 g/mol. The van der Waals surface area contributed by atoms with Crippen molar-refractivity contribution in [3.63, 3.8) is 0 Å². The van der Waals surface area contributed by atoms with Crippen LogP contribution in [0.3, 0.4) is 0 Å². The van der Waals surface area contributed by atoms with E-state index in [0.29, 0.717) is 34.3 Å². The van der Waals surface area contributed by atoms with Gasteiger partial charge in [0.25, 0.3) is 6.01 Å². The summed E-state index contributed by atoms with van der Waals surface area (Å²) in [6.45, 7) is 1.44. The molecule has 2 fully saturated rings. The highest BCUT2D eigenvalue weighted by atomic mass is 32.1. The molecule has 3 aromatic rings. The molecule has 0 saturated carbocycles. The van der Waals surface area contributed by atoms with E-state index in [0.717, 1.165) is 33.0 Å². The summed E-state index contributed by atoms with van der Waals surface area (Å²) < 4.78 is 51.6. The number of halogens is 3. The van der Waals surface area contributed by atoms with Crippen molar-refractivity contribution in [2.24, 2.45) is 0 Å². The van der Waals surface area contributed by atoms with Gasteiger partial charge in [0.05, 0.1) is 5.56 Å². The lowest BCUT2D eigenvalue weighted by Gasteiger charge is -2.31. The van der Waals surface area contributed by atoms with E-state index >= 15 is 0 Å². The summed E-state index contributed by atoms with van der Waals surface area (Å²) in [6, 6.07) is 4.06. The third-order valence-corrected chi connectivity index (χ3v) is 6.34. The van der Waals surface area contributed by atoms with E-state index < -0.39 is 12.3 Å². The molecule has 0 amide bonds. The van der Waals surface area contributed by atoms with Crippen LogP contribution in [0.5, 0.6) is 0 Å². The Bertz CT molecular complexity index is 1010. The molecule has 3 unspecified atom stereocenters. The first kappa shape index (κ1) is 18.8. The van der Waals surface area contributed by atoms with Gasteiger partial charge in [-0.1, -0.05) is 6.07 Å². The number of oxazole rings is 1. The number of alkyl halides is 3. The molecule has 2 aromatic heterocycles. The molecule has 5 rings (SSSR count). The Morgan fingerprint density at radius 2 is 2.03 bits per heavy atom. The second-order valence-corrected chi connectivity index (χ2v) is 8.31. The summed E-state index contributed by atoms with van der Waals surface area (Å²) in [4.78, 5) is 10.8. The van der Waals surface area contributed by atoms with E-state index in [1.807, 2.05) is 10.3 Å². The van der Waals surface area contributed by atoms with Gasteiger partial charge in [-0.25, -0.2) is 4.98 Å². The number of hydrogen-bond donors (Lipinski definition) is 1. The summed E-state index contributed by atoms with van der Waals surface area (Å²) in [5, 5.41) is 6.01. The molecule has 1 aromatic carbocycles. The van der Waals surface area contributed by atoms with Crippen molar-refractivity contribution >= 4 is 28.5 Å². The summed E-state index contributed by atoms with van der Waals surface area (Å²) in [6.07, 6.45) is -2.82. The number of nitrogens with one attached hydrogen (secondary N) is 1. The third kappa shape index (κ3) is 3.28. The average Bonchev–Trinajstić information content (AvgIpc) is 3.41. The van der Waals surface area contributed by atoms with Gasteiger partial charge in [0.15, 0.2) is 11.7 Å². The number of fused-ring (bicyclic) bond motifs is 3. The molecular formula is C19H19F3N4O2S. The highest BCUT2D eigenvalue weighted by molar-refractivity contribution is 7.13. The van der Waals surface area contributed by atoms with E-state index in [4.69, 9.17) is 9.15 Å². The normalized spacial score (nSPS) is 23.1. The lowest BCUT2D eigenvalue weighted by atomic mass is 10.0. The molecule has 2 bridgehead atoms. The van der Waals surface area contributed by atoms with Gasteiger partial charge in [-0.3, -0.25) is 0 Å². The molecule has 4 heterocycles. The largest absolute Gasteiger partial charge is 0.423 e. The van der Waals surface area contributed by atoms with E-state index in [1.54, 1.807) is 12.3 Å². The van der Waals surface area contributed by atoms with Crippen molar-refractivity contribution in [3.8, 4) is 10.6 Å². The predicted octanol–water partition coefficient (Wildman–Crippen LogP) is 4.14. The number of piperazine rings is 1. The smallest absolute Gasteiger partial charge is 0.418 e. The van der Waals surface area contributed by atoms with E-state index in [2.05, 4.69) is 15.3 Å². The maximum absolute atomic E-state index is 13.6. The Balaban J connectivity index is 1.65. The van der Waals surface area contributed by atoms with Crippen LogP contribution in [0.2, 0.25) is 0 Å². The number of aromatic nitrogens is 2. The number of ether oxygens (including phenoxy) is 1. The number of nitrogens with zero attached hydrogens (tertiary/aromatic N) is 3. The van der Waals surface area contributed by atoms with Crippen LogP contribution in [-0.4, -0.2) is 48.4 Å². The predicted molar refractivity (Wildman–Crippen MR) is 103 cm³/mol. The number of anilines is 1. The van der Waals surface area contributed by atoms with Crippen molar-refractivity contribution in [2.45, 2.75) is 37.2 Å². The first-order chi connectivity index (χ1) is 13.9. The van der Waals surface area contributed by atoms with E-state index in [-0.39, 0.29) is 11.1 Å². The Morgan fingerprint density at radius 3 is 2.66 bits per heavy atom. The summed E-state index contributed by atoms with van der Waals surface area (Å²) in [5.41, 5.74) is 1.06. The molecule has 0 spiro atoms. The molecule has 2 aliphatic heterocycles. The number of rotatable bonds is 4. The first-order valence-corrected chi connectivity index (χ1v) is 10.3. The van der Waals surface area contributed by atoms with Crippen molar-refractivity contribution in [2.75, 3.05) is 25.1 Å². The van der Waals surface area contributed by atoms with Crippen LogP contribution < -0.4 is 10.2 Å². The number of benzene rings is 1. The summed E-state index contributed by atoms with van der Waals surface area (Å²) in [5.74, 6) is 0. The van der Waals surface area contributed by atoms with Gasteiger partial charge in [0.1, 0.15) is 10.5 Å². The zero-order valence-corrected chi connectivity index (χ0v) is 16.4. The molecule has 0 aliphatic carbocycles. The van der Waals surface area contributed by atoms with Crippen LogP contribution in [0, 0.1) is 0 Å². The van der Waals surface area contributed by atoms with Gasteiger partial charge in [-0.05, 0) is 18.9 Å². The molecule has 3 atom stereocenters. The number of hydrogen-bond acceptors (Lipinski definition) is 7. The van der Waals surface area contributed by atoms with E-state index in [1.165, 1.54) is 17.4 Å². The fraction of sp³-hybridized carbons (Fsp3) is 0.474. The molecule has 6 nitrogen and oxygen atoms in total. The molecule has 2 aliphatic rings. The van der Waals surface area contributed by atoms with Crippen LogP contribution >= 0.6 is 11.3 Å². The number of thiazole rings is 1. The molecule has 1 N–H and O–H groups in total. The van der Waals surface area contributed by atoms with Gasteiger partial charge in [0, 0.05) is 49.4 Å². The SMILES string of the molecule is COC(c1ccc(-c2nccs2)c2oc(N3CC4CCC(C3)N4)nc12)C(F)(F)F. The van der Waals surface area contributed by atoms with Crippen molar-refractivity contribution in [1.29, 1.82) is 0 Å². The van der Waals surface area contributed by atoms with Gasteiger partial charge < -0.3 is 19.4 Å². The summed E-state index contributed by atoms with van der Waals surface area (Å²) >= 11 is 1.40. The Labute approximate surface area is 168 Å². The van der Waals surface area contributed by atoms with Crippen molar-refractivity contribution in [1.82, 2.24) is 15.3 Å². The van der Waals surface area contributed by atoms with Gasteiger partial charge in [-0.15, -0.1) is 11.3 Å². The van der Waals surface area contributed by atoms with Gasteiger partial charge in [0.2, 0.25) is 0 Å². The standard InChI is InChI=1S/C19H19F3N4O2S/c1-27-16(19(20,21)22)12-4-5-13(17-23-6-7-29-17)15-14(12)25-18(28-15)26-8-10-2-3-11(9-26)24-10/h4-7,10-11,16,24H,2-3,8-9H2,1H3. The molecular weight excluding hydrogens is 405 g/mol. The molecule has 10 heteroatoms. The highest BCUT2D eigenvalue weighted by Crippen LogP contribution is 2.42. The lowest BCUT2D eigenvalue weighted by Crippen LogP contribution is -2.51. The zero-order valence-electron chi connectivity index (χ0n) is 15.6. The minimum absolute atomic E-state index is 0.0524. The van der Waals surface area contributed by atoms with Crippen LogP contribution in [0.15, 0.2) is 28.1 Å². The van der Waals surface area contributed by atoms with Gasteiger partial charge in [-0.2, -0.15) is 18.2 Å². The highest BCUT2D eigenvalue weighted by Gasteiger charge is 2.43. The van der Waals surface area contributed by atoms with Crippen LogP contribution in [0.25, 0.3) is 21.7 Å². The first-order valence-electron chi connectivity index (χ1n) is 9.38. The molecule has 0 radical (unpaired) electrons. The third-order valence-electron chi connectivity index (χ3n) is 5.53. The second-order valence-electron chi connectivity index (χ2n) is 7.41. The van der Waals surface area contributed by atoms with Crippen LogP contribution in [0.1, 0.15) is 24.5 Å². The fourth-order valence-electron chi connectivity index (χ4n) is 4.28. The minimum Gasteiger partial charge on any atom is -0.423 e. The van der Waals surface area contributed by atoms with Gasteiger partial charge >= 0.3 is 6.18 Å². The van der Waals surface area contributed by atoms with E-state index in [9.17, 15) is 13.2 Å². The number of methoxy groups -OCH3 is 1. The Morgan fingerprint density at radius 1 is 1.28 bits per heavy atom. The zero-order chi connectivity index (χ0) is 20.2. The van der Waals surface area contributed by atoms with Crippen LogP contribution in [-0.2, 0) is 4.74 Å². The quantitative estimate of drug-likeness (QED) is 0.679. The van der Waals surface area contributed by atoms with Crippen molar-refractivity contribution < 1.29 is 22.3 Å². The monoisotopic (exact) mass is 424 g/mol. The maximum atomic E-state index is 13.6. The van der Waals surface area contributed by atoms with Crippen LogP contribution in [0.4, 0.5) is 19.2 Å². The Hall–Kier alpha value is -2.17. The maximum Gasteiger partial charge on any atom is 0.418 e. The lowest BCUT2D eigenvalue weighted by molar-refractivity contribution is -0.215. The molecule has 2 saturated heterocycles. The topological polar surface area (TPSA) is 63.4 Å². The summed E-state index contributed by atoms with van der Waals surface area (Å²) in [7, 11) is 1.05. The fourth-order valence-corrected chi connectivity index (χ4v) is 4.94. The molecule has 154 valence electrons. The second kappa shape index (κ2) is 6.96. The minimum atomic E-state index is -4.56. The molecule has 29 heavy (non-hydrogen) atoms. The van der Waals surface area contributed by atoms with Crippen molar-refractivity contribution in [3.05, 3.63) is 29.3 Å².